The summed E-state index contributed by atoms with van der Waals surface area (Å²) in [5, 5.41) is 16.2. The molecule has 7 heteroatoms. The summed E-state index contributed by atoms with van der Waals surface area (Å²) >= 11 is 0. The van der Waals surface area contributed by atoms with E-state index in [-0.39, 0.29) is 11.9 Å². The number of aromatic amines is 1. The molecule has 0 fully saturated rings. The van der Waals surface area contributed by atoms with Gasteiger partial charge in [0.1, 0.15) is 5.75 Å². The molecule has 3 rings (SSSR count). The maximum atomic E-state index is 11.8. The minimum absolute atomic E-state index is 0.205. The Bertz CT molecular complexity index is 666. The number of H-pyrrole nitrogens is 1. The molecule has 108 valence electrons. The zero-order valence-corrected chi connectivity index (χ0v) is 11.5. The molecule has 21 heavy (non-hydrogen) atoms. The zero-order chi connectivity index (χ0) is 14.7. The van der Waals surface area contributed by atoms with Crippen molar-refractivity contribution in [3.8, 4) is 5.75 Å². The number of benzene rings is 1. The number of hydrogen-bond donors (Lipinski definition) is 2. The maximum Gasteiger partial charge on any atom is 0.244 e. The fourth-order valence-electron chi connectivity index (χ4n) is 2.16. The fraction of sp³-hybridized carbons (Fsp3) is 0.286. The summed E-state index contributed by atoms with van der Waals surface area (Å²) in [6, 6.07) is 5.60. The van der Waals surface area contributed by atoms with Crippen LogP contribution in [0.1, 0.15) is 29.9 Å². The first-order valence-electron chi connectivity index (χ1n) is 6.70. The van der Waals surface area contributed by atoms with Crippen molar-refractivity contribution in [2.75, 3.05) is 6.61 Å². The lowest BCUT2D eigenvalue weighted by Crippen LogP contribution is -2.25. The van der Waals surface area contributed by atoms with E-state index in [1.807, 2.05) is 18.2 Å². The number of fused-ring (bicyclic) bond motifs is 1. The Morgan fingerprint density at radius 2 is 2.43 bits per heavy atom. The summed E-state index contributed by atoms with van der Waals surface area (Å²) < 4.78 is 5.45. The third-order valence-corrected chi connectivity index (χ3v) is 3.25. The van der Waals surface area contributed by atoms with Crippen molar-refractivity contribution in [3.63, 3.8) is 0 Å². The van der Waals surface area contributed by atoms with Crippen LogP contribution in [0.4, 0.5) is 0 Å². The van der Waals surface area contributed by atoms with Gasteiger partial charge in [0.15, 0.2) is 5.82 Å². The third-order valence-electron chi connectivity index (χ3n) is 3.25. The van der Waals surface area contributed by atoms with E-state index in [4.69, 9.17) is 4.74 Å². The lowest BCUT2D eigenvalue weighted by Gasteiger charge is -2.07. The Balaban J connectivity index is 1.62. The summed E-state index contributed by atoms with van der Waals surface area (Å²) in [6.45, 7) is 2.52. The smallest absolute Gasteiger partial charge is 0.244 e. The monoisotopic (exact) mass is 285 g/mol. The summed E-state index contributed by atoms with van der Waals surface area (Å²) in [4.78, 5) is 11.8. The molecular weight excluding hydrogens is 270 g/mol. The second-order valence-corrected chi connectivity index (χ2v) is 4.80. The van der Waals surface area contributed by atoms with Crippen LogP contribution >= 0.6 is 0 Å². The van der Waals surface area contributed by atoms with E-state index in [1.54, 1.807) is 13.0 Å². The van der Waals surface area contributed by atoms with E-state index < -0.39 is 0 Å². The van der Waals surface area contributed by atoms with Crippen molar-refractivity contribution in [2.45, 2.75) is 19.4 Å². The van der Waals surface area contributed by atoms with Crippen molar-refractivity contribution in [1.82, 2.24) is 25.9 Å². The van der Waals surface area contributed by atoms with Crippen LogP contribution in [0.5, 0.6) is 5.75 Å². The Labute approximate surface area is 121 Å². The molecule has 0 aliphatic carbocycles. The Morgan fingerprint density at radius 3 is 3.24 bits per heavy atom. The Hall–Kier alpha value is -2.70. The first-order chi connectivity index (χ1) is 10.2. The highest BCUT2D eigenvalue weighted by Crippen LogP contribution is 2.26. The number of rotatable bonds is 4. The number of carbonyl (C=O) groups excluding carboxylic acids is 1. The standard InChI is InChI=1S/C14H15N5O2/c1-9(14-16-18-19-17-14)15-13(20)5-3-10-2-4-12-11(8-10)6-7-21-12/h2-5,8-9H,6-7H2,1H3,(H,15,20)(H,16,17,18,19). The van der Waals surface area contributed by atoms with Crippen LogP contribution in [0.15, 0.2) is 24.3 Å². The van der Waals surface area contributed by atoms with Gasteiger partial charge in [-0.3, -0.25) is 4.79 Å². The normalized spacial score (nSPS) is 14.7. The number of hydrogen-bond acceptors (Lipinski definition) is 5. The molecule has 1 aromatic heterocycles. The van der Waals surface area contributed by atoms with E-state index in [0.717, 1.165) is 24.3 Å². The third kappa shape index (κ3) is 3.07. The van der Waals surface area contributed by atoms with Gasteiger partial charge in [-0.25, -0.2) is 0 Å². The molecule has 2 N–H and O–H groups in total. The van der Waals surface area contributed by atoms with Gasteiger partial charge in [0.2, 0.25) is 5.91 Å². The van der Waals surface area contributed by atoms with Crippen LogP contribution in [-0.4, -0.2) is 33.1 Å². The van der Waals surface area contributed by atoms with Crippen LogP contribution in [0.2, 0.25) is 0 Å². The van der Waals surface area contributed by atoms with Gasteiger partial charge < -0.3 is 10.1 Å². The summed E-state index contributed by atoms with van der Waals surface area (Å²) in [5.41, 5.74) is 2.15. The van der Waals surface area contributed by atoms with Gasteiger partial charge in [0.05, 0.1) is 12.6 Å². The molecule has 0 saturated heterocycles. The van der Waals surface area contributed by atoms with Gasteiger partial charge >= 0.3 is 0 Å². The number of nitrogens with zero attached hydrogens (tertiary/aromatic N) is 3. The zero-order valence-electron chi connectivity index (χ0n) is 11.5. The average Bonchev–Trinajstić information content (AvgIpc) is 3.15. The molecule has 0 spiro atoms. The molecule has 1 aliphatic rings. The quantitative estimate of drug-likeness (QED) is 0.818. The van der Waals surface area contributed by atoms with E-state index in [1.165, 1.54) is 11.6 Å². The van der Waals surface area contributed by atoms with Gasteiger partial charge in [-0.1, -0.05) is 11.3 Å². The summed E-state index contributed by atoms with van der Waals surface area (Å²) in [6.07, 6.45) is 4.18. The molecule has 1 unspecified atom stereocenters. The molecule has 1 aromatic carbocycles. The molecule has 2 heterocycles. The molecule has 1 aliphatic heterocycles. The second kappa shape index (κ2) is 5.74. The highest BCUT2D eigenvalue weighted by molar-refractivity contribution is 5.91. The number of aromatic nitrogens is 4. The van der Waals surface area contributed by atoms with Crippen molar-refractivity contribution in [2.24, 2.45) is 0 Å². The highest BCUT2D eigenvalue weighted by Gasteiger charge is 2.12. The highest BCUT2D eigenvalue weighted by atomic mass is 16.5. The molecule has 1 atom stereocenters. The van der Waals surface area contributed by atoms with E-state index in [9.17, 15) is 4.79 Å². The van der Waals surface area contributed by atoms with E-state index >= 15 is 0 Å². The van der Waals surface area contributed by atoms with Crippen LogP contribution < -0.4 is 10.1 Å². The van der Waals surface area contributed by atoms with E-state index in [2.05, 4.69) is 25.9 Å². The number of carbonyl (C=O) groups is 1. The maximum absolute atomic E-state index is 11.8. The van der Waals surface area contributed by atoms with Crippen LogP contribution in [0.3, 0.4) is 0 Å². The lowest BCUT2D eigenvalue weighted by molar-refractivity contribution is -0.117. The lowest BCUT2D eigenvalue weighted by atomic mass is 10.1. The van der Waals surface area contributed by atoms with Gasteiger partial charge in [0.25, 0.3) is 0 Å². The van der Waals surface area contributed by atoms with Gasteiger partial charge in [-0.05, 0) is 36.3 Å². The van der Waals surface area contributed by atoms with Crippen molar-refractivity contribution < 1.29 is 9.53 Å². The number of nitrogens with one attached hydrogen (secondary N) is 2. The molecule has 2 aromatic rings. The first kappa shape index (κ1) is 13.3. The fourth-order valence-corrected chi connectivity index (χ4v) is 2.16. The second-order valence-electron chi connectivity index (χ2n) is 4.80. The van der Waals surface area contributed by atoms with E-state index in [0.29, 0.717) is 5.82 Å². The minimum Gasteiger partial charge on any atom is -0.493 e. The predicted octanol–water partition coefficient (Wildman–Crippen LogP) is 1.03. The number of ether oxygens (including phenoxy) is 1. The van der Waals surface area contributed by atoms with Crippen LogP contribution in [0, 0.1) is 0 Å². The predicted molar refractivity (Wildman–Crippen MR) is 75.4 cm³/mol. The molecular formula is C14H15N5O2. The molecule has 0 saturated carbocycles. The van der Waals surface area contributed by atoms with Crippen LogP contribution in [0.25, 0.3) is 6.08 Å². The summed E-state index contributed by atoms with van der Waals surface area (Å²) in [5.74, 6) is 1.18. The number of amides is 1. The largest absolute Gasteiger partial charge is 0.493 e. The Kier molecular flexibility index (Phi) is 3.63. The molecule has 0 bridgehead atoms. The number of tetrazole rings is 1. The molecule has 7 nitrogen and oxygen atoms in total. The first-order valence-corrected chi connectivity index (χ1v) is 6.70. The summed E-state index contributed by atoms with van der Waals surface area (Å²) in [7, 11) is 0. The van der Waals surface area contributed by atoms with Gasteiger partial charge in [-0.15, -0.1) is 10.2 Å². The average molecular weight is 285 g/mol. The SMILES string of the molecule is CC(NC(=O)C=Cc1ccc2c(c1)CCO2)c1nn[nH]n1. The van der Waals surface area contributed by atoms with Gasteiger partial charge in [0, 0.05) is 12.5 Å². The minimum atomic E-state index is -0.297. The topological polar surface area (TPSA) is 92.8 Å². The van der Waals surface area contributed by atoms with Crippen molar-refractivity contribution >= 4 is 12.0 Å². The van der Waals surface area contributed by atoms with Gasteiger partial charge in [-0.2, -0.15) is 5.21 Å². The Morgan fingerprint density at radius 1 is 1.52 bits per heavy atom. The van der Waals surface area contributed by atoms with Crippen LogP contribution in [-0.2, 0) is 11.2 Å². The van der Waals surface area contributed by atoms with Crippen molar-refractivity contribution in [1.29, 1.82) is 0 Å². The molecule has 1 amide bonds. The van der Waals surface area contributed by atoms with Crippen molar-refractivity contribution in [3.05, 3.63) is 41.2 Å². The molecule has 0 radical (unpaired) electrons.